The van der Waals surface area contributed by atoms with Crippen LogP contribution in [-0.2, 0) is 23.4 Å². The number of nitrogens with one attached hydrogen (secondary N) is 1. The van der Waals surface area contributed by atoms with Crippen LogP contribution in [0.25, 0.3) is 0 Å². The second-order valence-corrected chi connectivity index (χ2v) is 5.91. The predicted molar refractivity (Wildman–Crippen MR) is 81.7 cm³/mol. The fourth-order valence-electron chi connectivity index (χ4n) is 1.99. The molecule has 0 aliphatic carbocycles. The highest BCUT2D eigenvalue weighted by Gasteiger charge is 2.13. The molecule has 1 aromatic carbocycles. The number of methoxy groups -OCH3 is 1. The van der Waals surface area contributed by atoms with E-state index in [0.29, 0.717) is 6.61 Å². The van der Waals surface area contributed by atoms with Gasteiger partial charge in [-0.05, 0) is 26.8 Å². The molecule has 2 aromatic rings. The van der Waals surface area contributed by atoms with E-state index in [4.69, 9.17) is 4.74 Å². The maximum absolute atomic E-state index is 5.21. The lowest BCUT2D eigenvalue weighted by molar-refractivity contribution is 0.185. The maximum atomic E-state index is 5.21. The molecule has 0 aliphatic rings. The molecule has 0 unspecified atom stereocenters. The normalized spacial score (nSPS) is 11.6. The van der Waals surface area contributed by atoms with Crippen LogP contribution in [-0.4, -0.2) is 16.9 Å². The largest absolute Gasteiger partial charge is 0.381 e. The third-order valence-electron chi connectivity index (χ3n) is 3.12. The van der Waals surface area contributed by atoms with E-state index in [1.54, 1.807) is 7.11 Å². The smallest absolute Gasteiger partial charge is 0.0733 e. The third kappa shape index (κ3) is 3.61. The molecule has 0 saturated heterocycles. The molecule has 0 saturated carbocycles. The highest BCUT2D eigenvalue weighted by Crippen LogP contribution is 2.18. The summed E-state index contributed by atoms with van der Waals surface area (Å²) < 4.78 is 7.20. The summed E-state index contributed by atoms with van der Waals surface area (Å²) in [5.41, 5.74) is 3.47. The Morgan fingerprint density at radius 3 is 2.65 bits per heavy atom. The second-order valence-electron chi connectivity index (χ2n) is 5.91. The summed E-state index contributed by atoms with van der Waals surface area (Å²) in [7, 11) is 1.71. The molecule has 4 nitrogen and oxygen atoms in total. The highest BCUT2D eigenvalue weighted by atomic mass is 16.5. The van der Waals surface area contributed by atoms with Crippen molar-refractivity contribution < 1.29 is 4.74 Å². The number of nitrogens with zero attached hydrogens (tertiary/aromatic N) is 2. The average molecular weight is 273 g/mol. The van der Waals surface area contributed by atoms with Gasteiger partial charge in [-0.25, -0.2) is 0 Å². The summed E-state index contributed by atoms with van der Waals surface area (Å²) in [6.45, 7) is 7.81. The molecular formula is C16H23N3O. The molecule has 0 atom stereocenters. The molecule has 0 aliphatic heterocycles. The van der Waals surface area contributed by atoms with Crippen LogP contribution >= 0.6 is 0 Å². The summed E-state index contributed by atoms with van der Waals surface area (Å²) >= 11 is 0. The lowest BCUT2D eigenvalue weighted by Crippen LogP contribution is -2.22. The molecule has 0 bridgehead atoms. The van der Waals surface area contributed by atoms with Crippen molar-refractivity contribution in [3.8, 4) is 0 Å². The van der Waals surface area contributed by atoms with E-state index >= 15 is 0 Å². The van der Waals surface area contributed by atoms with E-state index in [9.17, 15) is 0 Å². The van der Waals surface area contributed by atoms with Gasteiger partial charge in [-0.3, -0.25) is 4.68 Å². The quantitative estimate of drug-likeness (QED) is 0.907. The van der Waals surface area contributed by atoms with Crippen LogP contribution in [0.2, 0.25) is 0 Å². The van der Waals surface area contributed by atoms with Gasteiger partial charge in [0.15, 0.2) is 0 Å². The van der Waals surface area contributed by atoms with Crippen LogP contribution in [0.5, 0.6) is 0 Å². The number of rotatable bonds is 5. The van der Waals surface area contributed by atoms with E-state index in [2.05, 4.69) is 49.5 Å². The van der Waals surface area contributed by atoms with Gasteiger partial charge in [-0.15, -0.1) is 0 Å². The fraction of sp³-hybridized carbons (Fsp3) is 0.438. The molecule has 1 N–H and O–H groups in total. The minimum Gasteiger partial charge on any atom is -0.381 e. The zero-order valence-electron chi connectivity index (χ0n) is 12.7. The number of benzene rings is 1. The minimum absolute atomic E-state index is 0.0200. The van der Waals surface area contributed by atoms with Gasteiger partial charge in [0.05, 0.1) is 18.3 Å². The molecule has 0 radical (unpaired) electrons. The van der Waals surface area contributed by atoms with Crippen molar-refractivity contribution in [2.75, 3.05) is 12.4 Å². The molecule has 2 rings (SSSR count). The Morgan fingerprint density at radius 1 is 1.25 bits per heavy atom. The first kappa shape index (κ1) is 14.6. The van der Waals surface area contributed by atoms with Crippen LogP contribution in [0.15, 0.2) is 36.7 Å². The van der Waals surface area contributed by atoms with Crippen LogP contribution < -0.4 is 5.32 Å². The molecule has 1 heterocycles. The van der Waals surface area contributed by atoms with Crippen molar-refractivity contribution in [1.82, 2.24) is 9.78 Å². The standard InChI is InChI=1S/C16H23N3O/c1-16(2,3)19-11-13(10-18-19)9-17-15-8-6-5-7-14(15)12-20-4/h5-8,10-11,17H,9,12H2,1-4H3. The lowest BCUT2D eigenvalue weighted by atomic mass is 10.1. The Morgan fingerprint density at radius 2 is 2.00 bits per heavy atom. The predicted octanol–water partition coefficient (Wildman–Crippen LogP) is 3.40. The van der Waals surface area contributed by atoms with Gasteiger partial charge < -0.3 is 10.1 Å². The number of anilines is 1. The highest BCUT2D eigenvalue weighted by molar-refractivity contribution is 5.51. The summed E-state index contributed by atoms with van der Waals surface area (Å²) in [6, 6.07) is 8.20. The van der Waals surface area contributed by atoms with E-state index < -0.39 is 0 Å². The SMILES string of the molecule is COCc1ccccc1NCc1cnn(C(C)(C)C)c1. The zero-order chi connectivity index (χ0) is 14.6. The first-order valence-corrected chi connectivity index (χ1v) is 6.85. The van der Waals surface area contributed by atoms with Crippen molar-refractivity contribution in [3.63, 3.8) is 0 Å². The van der Waals surface area contributed by atoms with Crippen molar-refractivity contribution in [2.24, 2.45) is 0 Å². The van der Waals surface area contributed by atoms with Crippen molar-refractivity contribution >= 4 is 5.69 Å². The Labute approximate surface area is 120 Å². The van der Waals surface area contributed by atoms with Crippen molar-refractivity contribution in [2.45, 2.75) is 39.5 Å². The average Bonchev–Trinajstić information content (AvgIpc) is 2.87. The van der Waals surface area contributed by atoms with E-state index in [1.807, 2.05) is 23.0 Å². The first-order valence-electron chi connectivity index (χ1n) is 6.85. The fourth-order valence-corrected chi connectivity index (χ4v) is 1.99. The monoisotopic (exact) mass is 273 g/mol. The van der Waals surface area contributed by atoms with Gasteiger partial charge in [0.25, 0.3) is 0 Å². The van der Waals surface area contributed by atoms with Gasteiger partial charge in [0, 0.05) is 36.7 Å². The Bertz CT molecular complexity index is 555. The Hall–Kier alpha value is -1.81. The van der Waals surface area contributed by atoms with Crippen molar-refractivity contribution in [1.29, 1.82) is 0 Å². The number of hydrogen-bond acceptors (Lipinski definition) is 3. The third-order valence-corrected chi connectivity index (χ3v) is 3.12. The van der Waals surface area contributed by atoms with Gasteiger partial charge in [-0.1, -0.05) is 18.2 Å². The van der Waals surface area contributed by atoms with Gasteiger partial charge in [0.1, 0.15) is 0 Å². The Kier molecular flexibility index (Phi) is 4.45. The first-order chi connectivity index (χ1) is 9.50. The zero-order valence-corrected chi connectivity index (χ0v) is 12.7. The molecule has 20 heavy (non-hydrogen) atoms. The molecule has 0 spiro atoms. The van der Waals surface area contributed by atoms with Crippen LogP contribution in [0.3, 0.4) is 0 Å². The number of para-hydroxylation sites is 1. The summed E-state index contributed by atoms with van der Waals surface area (Å²) in [4.78, 5) is 0. The molecule has 0 amide bonds. The van der Waals surface area contributed by atoms with Crippen LogP contribution in [0, 0.1) is 0 Å². The maximum Gasteiger partial charge on any atom is 0.0733 e. The molecule has 108 valence electrons. The summed E-state index contributed by atoms with van der Waals surface area (Å²) in [5, 5.41) is 7.86. The molecule has 1 aromatic heterocycles. The number of aromatic nitrogens is 2. The molecule has 0 fully saturated rings. The molecule has 4 heteroatoms. The van der Waals surface area contributed by atoms with E-state index in [1.165, 1.54) is 11.1 Å². The van der Waals surface area contributed by atoms with Crippen molar-refractivity contribution in [3.05, 3.63) is 47.8 Å². The lowest BCUT2D eigenvalue weighted by Gasteiger charge is -2.18. The molecular weight excluding hydrogens is 250 g/mol. The number of hydrogen-bond donors (Lipinski definition) is 1. The van der Waals surface area contributed by atoms with E-state index in [0.717, 1.165) is 12.2 Å². The van der Waals surface area contributed by atoms with Gasteiger partial charge >= 0.3 is 0 Å². The van der Waals surface area contributed by atoms with Crippen LogP contribution in [0.1, 0.15) is 31.9 Å². The Balaban J connectivity index is 2.04. The second kappa shape index (κ2) is 6.09. The minimum atomic E-state index is 0.0200. The number of ether oxygens (including phenoxy) is 1. The topological polar surface area (TPSA) is 39.1 Å². The summed E-state index contributed by atoms with van der Waals surface area (Å²) in [5.74, 6) is 0. The van der Waals surface area contributed by atoms with Gasteiger partial charge in [0.2, 0.25) is 0 Å². The van der Waals surface area contributed by atoms with E-state index in [-0.39, 0.29) is 5.54 Å². The van der Waals surface area contributed by atoms with Gasteiger partial charge in [-0.2, -0.15) is 5.10 Å². The summed E-state index contributed by atoms with van der Waals surface area (Å²) in [6.07, 6.45) is 4.00. The van der Waals surface area contributed by atoms with Crippen LogP contribution in [0.4, 0.5) is 5.69 Å².